The van der Waals surface area contributed by atoms with E-state index in [0.29, 0.717) is 18.1 Å². The minimum atomic E-state index is -0.942. The molecule has 2 rings (SSSR count). The van der Waals surface area contributed by atoms with Crippen molar-refractivity contribution in [2.45, 2.75) is 25.1 Å². The zero-order valence-corrected chi connectivity index (χ0v) is 14.6. The van der Waals surface area contributed by atoms with Gasteiger partial charge >= 0.3 is 6.03 Å². The Labute approximate surface area is 139 Å². The van der Waals surface area contributed by atoms with Crippen molar-refractivity contribution in [3.05, 3.63) is 35.9 Å². The predicted octanol–water partition coefficient (Wildman–Crippen LogP) is 2.47. The molecule has 0 bridgehead atoms. The van der Waals surface area contributed by atoms with Gasteiger partial charge in [-0.15, -0.1) is 0 Å². The number of thioether (sulfide) groups is 1. The number of nitrogens with zero attached hydrogens (tertiary/aromatic N) is 1. The zero-order valence-electron chi connectivity index (χ0n) is 13.0. The van der Waals surface area contributed by atoms with E-state index < -0.39 is 10.8 Å². The van der Waals surface area contributed by atoms with Gasteiger partial charge in [0.15, 0.2) is 0 Å². The molecule has 1 aromatic rings. The van der Waals surface area contributed by atoms with Crippen LogP contribution in [0.15, 0.2) is 30.3 Å². The topological polar surface area (TPSA) is 49.4 Å². The Morgan fingerprint density at radius 2 is 2.14 bits per heavy atom. The van der Waals surface area contributed by atoms with Crippen molar-refractivity contribution in [1.29, 1.82) is 0 Å². The molecule has 0 unspecified atom stereocenters. The number of carbonyl (C=O) groups is 1. The Balaban J connectivity index is 1.71. The lowest BCUT2D eigenvalue weighted by molar-refractivity contribution is 0.184. The summed E-state index contributed by atoms with van der Waals surface area (Å²) in [6.07, 6.45) is 1.04. The minimum absolute atomic E-state index is 0.0216. The Morgan fingerprint density at radius 3 is 2.91 bits per heavy atom. The highest BCUT2D eigenvalue weighted by Gasteiger charge is 2.21. The maximum absolute atomic E-state index is 12.2. The van der Waals surface area contributed by atoms with Crippen LogP contribution in [0.4, 0.5) is 4.79 Å². The largest absolute Gasteiger partial charge is 0.337 e. The summed E-state index contributed by atoms with van der Waals surface area (Å²) in [4.78, 5) is 14.1. The first-order valence-corrected chi connectivity index (χ1v) is 10.3. The van der Waals surface area contributed by atoms with Crippen molar-refractivity contribution < 1.29 is 9.00 Å². The summed E-state index contributed by atoms with van der Waals surface area (Å²) in [7, 11) is -0.942. The van der Waals surface area contributed by atoms with E-state index in [4.69, 9.17) is 0 Å². The molecule has 6 heteroatoms. The van der Waals surface area contributed by atoms with Gasteiger partial charge in [-0.3, -0.25) is 4.21 Å². The Bertz CT molecular complexity index is 496. The molecule has 122 valence electrons. The van der Waals surface area contributed by atoms with Crippen LogP contribution in [0.2, 0.25) is 0 Å². The molecule has 2 atom stereocenters. The van der Waals surface area contributed by atoms with E-state index in [1.807, 2.05) is 47.0 Å². The van der Waals surface area contributed by atoms with Crippen LogP contribution in [0.5, 0.6) is 0 Å². The number of nitrogens with one attached hydrogen (secondary N) is 1. The molecule has 1 fully saturated rings. The van der Waals surface area contributed by atoms with Crippen molar-refractivity contribution in [1.82, 2.24) is 10.2 Å². The molecule has 2 amide bonds. The van der Waals surface area contributed by atoms with Crippen molar-refractivity contribution in [3.8, 4) is 0 Å². The maximum Gasteiger partial charge on any atom is 0.317 e. The summed E-state index contributed by atoms with van der Waals surface area (Å²) < 4.78 is 12.0. The molecule has 1 aromatic carbocycles. The summed E-state index contributed by atoms with van der Waals surface area (Å²) in [5.74, 6) is 3.16. The molecule has 0 aromatic heterocycles. The first-order chi connectivity index (χ1) is 10.7. The first kappa shape index (κ1) is 17.3. The van der Waals surface area contributed by atoms with E-state index >= 15 is 0 Å². The number of benzene rings is 1. The van der Waals surface area contributed by atoms with Crippen LogP contribution >= 0.6 is 11.8 Å². The summed E-state index contributed by atoms with van der Waals surface area (Å²) in [5.41, 5.74) is 1.07. The maximum atomic E-state index is 12.2. The Kier molecular flexibility index (Phi) is 7.25. The highest BCUT2D eigenvalue weighted by Crippen LogP contribution is 2.15. The van der Waals surface area contributed by atoms with E-state index in [-0.39, 0.29) is 12.1 Å². The van der Waals surface area contributed by atoms with Crippen molar-refractivity contribution in [3.63, 3.8) is 0 Å². The Hall–Kier alpha value is -1.01. The predicted molar refractivity (Wildman–Crippen MR) is 94.7 cm³/mol. The molecule has 1 aliphatic heterocycles. The molecule has 0 spiro atoms. The van der Waals surface area contributed by atoms with Crippen LogP contribution in [-0.4, -0.2) is 51.5 Å². The lowest BCUT2D eigenvalue weighted by Crippen LogP contribution is -2.46. The SMILES string of the molecule is C[C@@H]1CCSCCN1C(=O)NCC[S@](=O)Cc1ccccc1. The summed E-state index contributed by atoms with van der Waals surface area (Å²) in [5, 5.41) is 2.91. The van der Waals surface area contributed by atoms with Gasteiger partial charge in [-0.2, -0.15) is 11.8 Å². The van der Waals surface area contributed by atoms with Crippen LogP contribution in [-0.2, 0) is 16.6 Å². The number of urea groups is 1. The third-order valence-corrected chi connectivity index (χ3v) is 6.04. The molecule has 22 heavy (non-hydrogen) atoms. The molecule has 1 N–H and O–H groups in total. The van der Waals surface area contributed by atoms with Crippen LogP contribution in [0.3, 0.4) is 0 Å². The van der Waals surface area contributed by atoms with E-state index in [0.717, 1.165) is 30.0 Å². The summed E-state index contributed by atoms with van der Waals surface area (Å²) in [6, 6.07) is 10.1. The van der Waals surface area contributed by atoms with E-state index in [2.05, 4.69) is 12.2 Å². The number of rotatable bonds is 5. The molecule has 0 radical (unpaired) electrons. The van der Waals surface area contributed by atoms with Crippen LogP contribution in [0.1, 0.15) is 18.9 Å². The van der Waals surface area contributed by atoms with Crippen LogP contribution in [0.25, 0.3) is 0 Å². The van der Waals surface area contributed by atoms with E-state index in [9.17, 15) is 9.00 Å². The van der Waals surface area contributed by atoms with Crippen molar-refractivity contribution in [2.24, 2.45) is 0 Å². The van der Waals surface area contributed by atoms with Gasteiger partial charge < -0.3 is 10.2 Å². The summed E-state index contributed by atoms with van der Waals surface area (Å²) >= 11 is 1.90. The smallest absolute Gasteiger partial charge is 0.317 e. The van der Waals surface area contributed by atoms with E-state index in [1.54, 1.807) is 0 Å². The molecular weight excluding hydrogens is 316 g/mol. The van der Waals surface area contributed by atoms with Gasteiger partial charge in [0.1, 0.15) is 0 Å². The normalized spacial score (nSPS) is 20.2. The fourth-order valence-corrected chi connectivity index (χ4v) is 4.48. The molecule has 0 saturated carbocycles. The van der Waals surface area contributed by atoms with Gasteiger partial charge in [0.2, 0.25) is 0 Å². The van der Waals surface area contributed by atoms with Crippen LogP contribution < -0.4 is 5.32 Å². The lowest BCUT2D eigenvalue weighted by atomic mass is 10.2. The first-order valence-electron chi connectivity index (χ1n) is 7.68. The van der Waals surface area contributed by atoms with Crippen molar-refractivity contribution >= 4 is 28.6 Å². The molecular formula is C16H24N2O2S2. The van der Waals surface area contributed by atoms with Gasteiger partial charge in [-0.25, -0.2) is 4.79 Å². The minimum Gasteiger partial charge on any atom is -0.337 e. The number of hydrogen-bond acceptors (Lipinski definition) is 3. The molecule has 1 aliphatic rings. The fourth-order valence-electron chi connectivity index (χ4n) is 2.40. The number of carbonyl (C=O) groups excluding carboxylic acids is 1. The van der Waals surface area contributed by atoms with Gasteiger partial charge in [-0.1, -0.05) is 30.3 Å². The quantitative estimate of drug-likeness (QED) is 0.896. The third kappa shape index (κ3) is 5.65. The average molecular weight is 341 g/mol. The highest BCUT2D eigenvalue weighted by atomic mass is 32.2. The van der Waals surface area contributed by atoms with Gasteiger partial charge in [0.05, 0.1) is 0 Å². The molecule has 1 saturated heterocycles. The number of hydrogen-bond donors (Lipinski definition) is 1. The van der Waals surface area contributed by atoms with Gasteiger partial charge in [-0.05, 0) is 24.7 Å². The second-order valence-corrected chi connectivity index (χ2v) is 8.25. The van der Waals surface area contributed by atoms with E-state index in [1.165, 1.54) is 0 Å². The fraction of sp³-hybridized carbons (Fsp3) is 0.562. The van der Waals surface area contributed by atoms with Crippen LogP contribution in [0, 0.1) is 0 Å². The third-order valence-electron chi connectivity index (χ3n) is 3.73. The average Bonchev–Trinajstić information content (AvgIpc) is 2.72. The van der Waals surface area contributed by atoms with Crippen molar-refractivity contribution in [2.75, 3.05) is 30.3 Å². The standard InChI is InChI=1S/C16H24N2O2S2/c1-14-7-10-21-11-9-18(14)16(19)17-8-12-22(20)13-15-5-3-2-4-6-15/h2-6,14H,7-13H2,1H3,(H,17,19)/t14-,22+/m1/s1. The zero-order chi connectivity index (χ0) is 15.8. The molecule has 0 aliphatic carbocycles. The monoisotopic (exact) mass is 340 g/mol. The summed E-state index contributed by atoms with van der Waals surface area (Å²) in [6.45, 7) is 3.36. The second-order valence-electron chi connectivity index (χ2n) is 5.45. The molecule has 4 nitrogen and oxygen atoms in total. The highest BCUT2D eigenvalue weighted by molar-refractivity contribution is 7.99. The lowest BCUT2D eigenvalue weighted by Gasteiger charge is -2.26. The van der Waals surface area contributed by atoms with Gasteiger partial charge in [0.25, 0.3) is 0 Å². The Morgan fingerprint density at radius 1 is 1.36 bits per heavy atom. The second kappa shape index (κ2) is 9.20. The number of amides is 2. The van der Waals surface area contributed by atoms with Gasteiger partial charge in [0, 0.05) is 47.2 Å². The molecule has 1 heterocycles.